The highest BCUT2D eigenvalue weighted by atomic mass is 16.2. The van der Waals surface area contributed by atoms with Crippen molar-refractivity contribution in [2.45, 2.75) is 65.0 Å². The van der Waals surface area contributed by atoms with Crippen LogP contribution in [0, 0.1) is 5.92 Å². The van der Waals surface area contributed by atoms with Crippen molar-refractivity contribution in [3.05, 3.63) is 0 Å². The van der Waals surface area contributed by atoms with Crippen LogP contribution >= 0.6 is 0 Å². The van der Waals surface area contributed by atoms with E-state index < -0.39 is 0 Å². The lowest BCUT2D eigenvalue weighted by Gasteiger charge is -2.36. The van der Waals surface area contributed by atoms with Gasteiger partial charge in [-0.25, -0.2) is 4.79 Å². The van der Waals surface area contributed by atoms with Crippen LogP contribution in [0.4, 0.5) is 4.79 Å². The van der Waals surface area contributed by atoms with Crippen molar-refractivity contribution >= 4 is 6.03 Å². The minimum Gasteiger partial charge on any atom is -0.334 e. The van der Waals surface area contributed by atoms with Gasteiger partial charge in [0.2, 0.25) is 0 Å². The van der Waals surface area contributed by atoms with Crippen LogP contribution in [0.1, 0.15) is 52.9 Å². The molecule has 2 heterocycles. The first-order chi connectivity index (χ1) is 9.56. The van der Waals surface area contributed by atoms with Gasteiger partial charge in [0.25, 0.3) is 0 Å². The number of hydrogen-bond acceptors (Lipinski definition) is 2. The summed E-state index contributed by atoms with van der Waals surface area (Å²) < 4.78 is 0. The van der Waals surface area contributed by atoms with Crippen molar-refractivity contribution in [2.24, 2.45) is 5.92 Å². The maximum atomic E-state index is 12.3. The van der Waals surface area contributed by atoms with Gasteiger partial charge in [-0.1, -0.05) is 6.92 Å². The summed E-state index contributed by atoms with van der Waals surface area (Å²) in [5, 5.41) is 3.19. The van der Waals surface area contributed by atoms with E-state index in [9.17, 15) is 4.79 Å². The minimum atomic E-state index is 0.134. The summed E-state index contributed by atoms with van der Waals surface area (Å²) in [6, 6.07) is 0.766. The van der Waals surface area contributed by atoms with Crippen molar-refractivity contribution < 1.29 is 4.79 Å². The fourth-order valence-electron chi connectivity index (χ4n) is 3.58. The topological polar surface area (TPSA) is 35.6 Å². The molecule has 20 heavy (non-hydrogen) atoms. The second-order valence-electron chi connectivity index (χ2n) is 6.90. The highest BCUT2D eigenvalue weighted by Crippen LogP contribution is 2.17. The van der Waals surface area contributed by atoms with Crippen LogP contribution in [0.3, 0.4) is 0 Å². The summed E-state index contributed by atoms with van der Waals surface area (Å²) in [4.78, 5) is 16.8. The predicted octanol–water partition coefficient (Wildman–Crippen LogP) is 2.69. The van der Waals surface area contributed by atoms with E-state index in [2.05, 4.69) is 31.0 Å². The first-order valence-corrected chi connectivity index (χ1v) is 8.35. The van der Waals surface area contributed by atoms with E-state index in [1.165, 1.54) is 32.4 Å². The minimum absolute atomic E-state index is 0.134. The molecule has 116 valence electrons. The number of carbonyl (C=O) groups is 1. The molecule has 3 unspecified atom stereocenters. The Morgan fingerprint density at radius 2 is 2.00 bits per heavy atom. The Morgan fingerprint density at radius 1 is 1.20 bits per heavy atom. The summed E-state index contributed by atoms with van der Waals surface area (Å²) in [5.74, 6) is 0.800. The molecule has 2 rings (SSSR count). The average molecular weight is 281 g/mol. The number of piperidine rings is 2. The molecular weight excluding hydrogens is 250 g/mol. The maximum absolute atomic E-state index is 12.3. The van der Waals surface area contributed by atoms with Gasteiger partial charge in [0.1, 0.15) is 0 Å². The van der Waals surface area contributed by atoms with Gasteiger partial charge in [-0.2, -0.15) is 0 Å². The van der Waals surface area contributed by atoms with Gasteiger partial charge >= 0.3 is 6.03 Å². The molecule has 1 N–H and O–H groups in total. The Morgan fingerprint density at radius 3 is 2.70 bits per heavy atom. The number of nitrogens with zero attached hydrogens (tertiary/aromatic N) is 2. The molecule has 2 aliphatic rings. The largest absolute Gasteiger partial charge is 0.334 e. The normalized spacial score (nSPS) is 30.1. The second-order valence-corrected chi connectivity index (χ2v) is 6.90. The first kappa shape index (κ1) is 15.6. The molecule has 2 saturated heterocycles. The molecule has 0 aromatic heterocycles. The highest BCUT2D eigenvalue weighted by molar-refractivity contribution is 5.74. The summed E-state index contributed by atoms with van der Waals surface area (Å²) in [5.41, 5.74) is 0. The lowest BCUT2D eigenvalue weighted by atomic mass is 10.00. The molecule has 0 bridgehead atoms. The third-order valence-corrected chi connectivity index (χ3v) is 4.71. The zero-order valence-corrected chi connectivity index (χ0v) is 13.4. The number of likely N-dealkylation sites (tertiary alicyclic amines) is 2. The average Bonchev–Trinajstić information content (AvgIpc) is 2.38. The van der Waals surface area contributed by atoms with E-state index in [0.29, 0.717) is 6.04 Å². The maximum Gasteiger partial charge on any atom is 0.317 e. The van der Waals surface area contributed by atoms with Crippen molar-refractivity contribution in [2.75, 3.05) is 26.2 Å². The van der Waals surface area contributed by atoms with Crippen LogP contribution < -0.4 is 5.32 Å². The van der Waals surface area contributed by atoms with E-state index >= 15 is 0 Å². The van der Waals surface area contributed by atoms with Crippen LogP contribution in [0.15, 0.2) is 0 Å². The zero-order chi connectivity index (χ0) is 14.5. The summed E-state index contributed by atoms with van der Waals surface area (Å²) in [7, 11) is 0. The number of hydrogen-bond donors (Lipinski definition) is 1. The molecule has 4 heteroatoms. The van der Waals surface area contributed by atoms with E-state index in [1.54, 1.807) is 0 Å². The Labute approximate surface area is 123 Å². The van der Waals surface area contributed by atoms with Gasteiger partial charge in [0.15, 0.2) is 0 Å². The van der Waals surface area contributed by atoms with Crippen molar-refractivity contribution in [3.63, 3.8) is 0 Å². The number of urea groups is 1. The lowest BCUT2D eigenvalue weighted by molar-refractivity contribution is 0.144. The zero-order valence-electron chi connectivity index (χ0n) is 13.4. The molecule has 2 aliphatic heterocycles. The molecule has 0 aromatic carbocycles. The predicted molar refractivity (Wildman–Crippen MR) is 82.9 cm³/mol. The van der Waals surface area contributed by atoms with Gasteiger partial charge in [0, 0.05) is 31.7 Å². The number of rotatable bonds is 3. The van der Waals surface area contributed by atoms with Crippen LogP contribution in [-0.2, 0) is 0 Å². The molecule has 0 saturated carbocycles. The van der Waals surface area contributed by atoms with E-state index in [1.807, 2.05) is 4.90 Å². The van der Waals surface area contributed by atoms with Gasteiger partial charge in [-0.05, 0) is 58.4 Å². The van der Waals surface area contributed by atoms with Crippen LogP contribution in [0.2, 0.25) is 0 Å². The van der Waals surface area contributed by atoms with Crippen molar-refractivity contribution in [1.29, 1.82) is 0 Å². The number of nitrogens with one attached hydrogen (secondary N) is 1. The fraction of sp³-hybridized carbons (Fsp3) is 0.938. The summed E-state index contributed by atoms with van der Waals surface area (Å²) in [6.45, 7) is 10.9. The molecule has 0 aromatic rings. The Hall–Kier alpha value is -0.770. The second kappa shape index (κ2) is 7.30. The fourth-order valence-corrected chi connectivity index (χ4v) is 3.58. The molecule has 2 fully saturated rings. The van der Waals surface area contributed by atoms with Gasteiger partial charge in [-0.15, -0.1) is 0 Å². The molecule has 0 spiro atoms. The summed E-state index contributed by atoms with van der Waals surface area (Å²) in [6.07, 6.45) is 6.20. The van der Waals surface area contributed by atoms with E-state index in [0.717, 1.165) is 31.8 Å². The van der Waals surface area contributed by atoms with Gasteiger partial charge in [0.05, 0.1) is 0 Å². The molecule has 3 atom stereocenters. The van der Waals surface area contributed by atoms with Gasteiger partial charge < -0.3 is 15.1 Å². The molecule has 0 radical (unpaired) electrons. The monoisotopic (exact) mass is 281 g/mol. The SMILES string of the molecule is CC1CCCN(CC(C)NC(=O)N2CCCCC2C)C1. The third-order valence-electron chi connectivity index (χ3n) is 4.71. The number of amides is 2. The standard InChI is InChI=1S/C16H31N3O/c1-13-7-6-9-18(11-13)12-14(2)17-16(20)19-10-5-4-8-15(19)3/h13-15H,4-12H2,1-3H3,(H,17,20). The Kier molecular flexibility index (Phi) is 5.70. The van der Waals surface area contributed by atoms with E-state index in [4.69, 9.17) is 0 Å². The van der Waals surface area contributed by atoms with Crippen LogP contribution in [-0.4, -0.2) is 54.1 Å². The third kappa shape index (κ3) is 4.37. The Bertz CT molecular complexity index is 321. The number of carbonyl (C=O) groups excluding carboxylic acids is 1. The van der Waals surface area contributed by atoms with Gasteiger partial charge in [-0.3, -0.25) is 0 Å². The molecule has 0 aliphatic carbocycles. The first-order valence-electron chi connectivity index (χ1n) is 8.35. The summed E-state index contributed by atoms with van der Waals surface area (Å²) >= 11 is 0. The lowest BCUT2D eigenvalue weighted by Crippen LogP contribution is -2.52. The highest BCUT2D eigenvalue weighted by Gasteiger charge is 2.25. The van der Waals surface area contributed by atoms with Crippen LogP contribution in [0.5, 0.6) is 0 Å². The Balaban J connectivity index is 1.75. The van der Waals surface area contributed by atoms with E-state index in [-0.39, 0.29) is 12.1 Å². The van der Waals surface area contributed by atoms with Crippen LogP contribution in [0.25, 0.3) is 0 Å². The molecule has 4 nitrogen and oxygen atoms in total. The molecule has 2 amide bonds. The van der Waals surface area contributed by atoms with Crippen molar-refractivity contribution in [3.8, 4) is 0 Å². The van der Waals surface area contributed by atoms with Crippen molar-refractivity contribution in [1.82, 2.24) is 15.1 Å². The quantitative estimate of drug-likeness (QED) is 0.863. The molecular formula is C16H31N3O. The smallest absolute Gasteiger partial charge is 0.317 e.